The summed E-state index contributed by atoms with van der Waals surface area (Å²) in [5.41, 5.74) is 2.33. The van der Waals surface area contributed by atoms with Gasteiger partial charge >= 0.3 is 0 Å². The average molecular weight is 340 g/mol. The molecule has 0 radical (unpaired) electrons. The van der Waals surface area contributed by atoms with Crippen LogP contribution >= 0.6 is 0 Å². The number of carbonyl (C=O) groups is 1. The number of anilines is 2. The normalized spacial score (nSPS) is 14.7. The lowest BCUT2D eigenvalue weighted by atomic mass is 10.2. The van der Waals surface area contributed by atoms with Crippen LogP contribution in [0.1, 0.15) is 41.7 Å². The number of carbonyl (C=O) groups excluding carboxylic acids is 1. The lowest BCUT2D eigenvalue weighted by Gasteiger charge is -2.20. The van der Waals surface area contributed by atoms with Gasteiger partial charge in [-0.1, -0.05) is 12.8 Å². The molecule has 132 valence electrons. The van der Waals surface area contributed by atoms with E-state index in [1.54, 1.807) is 25.6 Å². The van der Waals surface area contributed by atoms with Gasteiger partial charge in [0.25, 0.3) is 5.91 Å². The summed E-state index contributed by atoms with van der Waals surface area (Å²) >= 11 is 0. The number of aryl methyl sites for hydroxylation is 1. The highest BCUT2D eigenvalue weighted by Crippen LogP contribution is 2.27. The molecule has 0 saturated carbocycles. The van der Waals surface area contributed by atoms with Crippen molar-refractivity contribution in [1.29, 1.82) is 0 Å². The van der Waals surface area contributed by atoms with E-state index >= 15 is 0 Å². The van der Waals surface area contributed by atoms with Crippen LogP contribution in [0.5, 0.6) is 5.75 Å². The van der Waals surface area contributed by atoms with Crippen LogP contribution in [-0.4, -0.2) is 41.0 Å². The fraction of sp³-hybridized carbons (Fsp3) is 0.421. The molecule has 3 rings (SSSR count). The Labute approximate surface area is 148 Å². The van der Waals surface area contributed by atoms with Crippen LogP contribution in [0.2, 0.25) is 0 Å². The largest absolute Gasteiger partial charge is 0.493 e. The Morgan fingerprint density at radius 2 is 1.88 bits per heavy atom. The molecule has 1 saturated heterocycles. The monoisotopic (exact) mass is 340 g/mol. The van der Waals surface area contributed by atoms with Crippen molar-refractivity contribution >= 4 is 17.4 Å². The molecule has 1 amide bonds. The number of rotatable bonds is 4. The highest BCUT2D eigenvalue weighted by Gasteiger charge is 2.19. The van der Waals surface area contributed by atoms with E-state index in [2.05, 4.69) is 15.3 Å². The molecule has 0 aliphatic carbocycles. The number of hydrogen-bond donors (Lipinski definition) is 1. The zero-order chi connectivity index (χ0) is 17.6. The summed E-state index contributed by atoms with van der Waals surface area (Å²) in [6.45, 7) is 3.57. The number of nitrogens with zero attached hydrogens (tertiary/aromatic N) is 3. The molecule has 6 heteroatoms. The second-order valence-electron chi connectivity index (χ2n) is 6.29. The van der Waals surface area contributed by atoms with Crippen molar-refractivity contribution in [2.45, 2.75) is 32.6 Å². The van der Waals surface area contributed by atoms with Crippen LogP contribution in [0.15, 0.2) is 30.6 Å². The van der Waals surface area contributed by atoms with Crippen molar-refractivity contribution in [3.8, 4) is 5.75 Å². The standard InChI is InChI=1S/C19H24N4O2/c1-14-7-8-16(13-20-14)22-18-17(25-2)11-15(12-21-18)19(24)23-9-5-3-4-6-10-23/h7-8,11-13H,3-6,9-10H2,1-2H3,(H,21,22). The van der Waals surface area contributed by atoms with E-state index in [1.807, 2.05) is 24.0 Å². The van der Waals surface area contributed by atoms with Crippen LogP contribution in [0.25, 0.3) is 0 Å². The van der Waals surface area contributed by atoms with Crippen LogP contribution in [0.4, 0.5) is 11.5 Å². The highest BCUT2D eigenvalue weighted by molar-refractivity contribution is 5.94. The lowest BCUT2D eigenvalue weighted by Crippen LogP contribution is -2.31. The van der Waals surface area contributed by atoms with E-state index in [9.17, 15) is 4.79 Å². The van der Waals surface area contributed by atoms with E-state index in [1.165, 1.54) is 12.8 Å². The van der Waals surface area contributed by atoms with E-state index in [-0.39, 0.29) is 5.91 Å². The second-order valence-corrected chi connectivity index (χ2v) is 6.29. The summed E-state index contributed by atoms with van der Waals surface area (Å²) in [4.78, 5) is 23.3. The number of nitrogens with one attached hydrogen (secondary N) is 1. The Bertz CT molecular complexity index is 723. The fourth-order valence-corrected chi connectivity index (χ4v) is 2.95. The maximum atomic E-state index is 12.7. The SMILES string of the molecule is COc1cc(C(=O)N2CCCCCC2)cnc1Nc1ccc(C)nc1. The third kappa shape index (κ3) is 4.26. The van der Waals surface area contributed by atoms with Gasteiger partial charge in [0, 0.05) is 25.0 Å². The van der Waals surface area contributed by atoms with Gasteiger partial charge in [-0.15, -0.1) is 0 Å². The minimum Gasteiger partial charge on any atom is -0.493 e. The Morgan fingerprint density at radius 1 is 1.12 bits per heavy atom. The summed E-state index contributed by atoms with van der Waals surface area (Å²) in [6, 6.07) is 5.61. The maximum absolute atomic E-state index is 12.7. The average Bonchev–Trinajstić information content (AvgIpc) is 2.93. The van der Waals surface area contributed by atoms with Crippen molar-refractivity contribution < 1.29 is 9.53 Å². The summed E-state index contributed by atoms with van der Waals surface area (Å²) in [6.07, 6.45) is 7.87. The molecule has 1 aliphatic heterocycles. The molecule has 2 aromatic rings. The Balaban J connectivity index is 1.78. The molecule has 6 nitrogen and oxygen atoms in total. The van der Waals surface area contributed by atoms with E-state index in [4.69, 9.17) is 4.74 Å². The lowest BCUT2D eigenvalue weighted by molar-refractivity contribution is 0.0761. The highest BCUT2D eigenvalue weighted by atomic mass is 16.5. The Hall–Kier alpha value is -2.63. The molecule has 25 heavy (non-hydrogen) atoms. The molecule has 0 bridgehead atoms. The first-order chi connectivity index (χ1) is 12.2. The van der Waals surface area contributed by atoms with Gasteiger partial charge in [0.2, 0.25) is 0 Å². The van der Waals surface area contributed by atoms with Crippen LogP contribution in [-0.2, 0) is 0 Å². The van der Waals surface area contributed by atoms with Crippen molar-refractivity contribution in [3.05, 3.63) is 41.9 Å². The van der Waals surface area contributed by atoms with Gasteiger partial charge in [0.05, 0.1) is 24.6 Å². The molecule has 0 unspecified atom stereocenters. The van der Waals surface area contributed by atoms with Crippen LogP contribution in [0, 0.1) is 6.92 Å². The molecule has 1 fully saturated rings. The van der Waals surface area contributed by atoms with Crippen LogP contribution in [0.3, 0.4) is 0 Å². The number of hydrogen-bond acceptors (Lipinski definition) is 5. The first-order valence-corrected chi connectivity index (χ1v) is 8.70. The molecule has 1 N–H and O–H groups in total. The third-order valence-corrected chi connectivity index (χ3v) is 4.39. The first kappa shape index (κ1) is 17.2. The predicted octanol–water partition coefficient (Wildman–Crippen LogP) is 3.55. The predicted molar refractivity (Wildman–Crippen MR) is 97.4 cm³/mol. The second kappa shape index (κ2) is 7.96. The molecular formula is C19H24N4O2. The fourth-order valence-electron chi connectivity index (χ4n) is 2.95. The summed E-state index contributed by atoms with van der Waals surface area (Å²) in [7, 11) is 1.58. The van der Waals surface area contributed by atoms with Gasteiger partial charge in [-0.3, -0.25) is 9.78 Å². The Kier molecular flexibility index (Phi) is 5.48. The minimum absolute atomic E-state index is 0.0243. The number of methoxy groups -OCH3 is 1. The number of amides is 1. The Morgan fingerprint density at radius 3 is 2.52 bits per heavy atom. The van der Waals surface area contributed by atoms with Crippen molar-refractivity contribution in [1.82, 2.24) is 14.9 Å². The molecule has 3 heterocycles. The zero-order valence-corrected chi connectivity index (χ0v) is 14.8. The van der Waals surface area contributed by atoms with Crippen LogP contribution < -0.4 is 10.1 Å². The van der Waals surface area contributed by atoms with Gasteiger partial charge < -0.3 is 15.0 Å². The third-order valence-electron chi connectivity index (χ3n) is 4.39. The molecule has 2 aromatic heterocycles. The molecular weight excluding hydrogens is 316 g/mol. The summed E-state index contributed by atoms with van der Waals surface area (Å²) < 4.78 is 5.43. The van der Waals surface area contributed by atoms with Crippen molar-refractivity contribution in [3.63, 3.8) is 0 Å². The van der Waals surface area contributed by atoms with Gasteiger partial charge in [0.1, 0.15) is 0 Å². The van der Waals surface area contributed by atoms with E-state index < -0.39 is 0 Å². The van der Waals surface area contributed by atoms with Gasteiger partial charge in [-0.2, -0.15) is 0 Å². The van der Waals surface area contributed by atoms with E-state index in [0.717, 1.165) is 37.3 Å². The summed E-state index contributed by atoms with van der Waals surface area (Å²) in [5.74, 6) is 1.14. The summed E-state index contributed by atoms with van der Waals surface area (Å²) in [5, 5.41) is 3.18. The molecule has 0 atom stereocenters. The number of ether oxygens (including phenoxy) is 1. The molecule has 0 aromatic carbocycles. The molecule has 1 aliphatic rings. The molecule has 0 spiro atoms. The van der Waals surface area contributed by atoms with Crippen molar-refractivity contribution in [2.75, 3.05) is 25.5 Å². The van der Waals surface area contributed by atoms with Crippen molar-refractivity contribution in [2.24, 2.45) is 0 Å². The quantitative estimate of drug-likeness (QED) is 0.922. The van der Waals surface area contributed by atoms with E-state index in [0.29, 0.717) is 17.1 Å². The minimum atomic E-state index is 0.0243. The maximum Gasteiger partial charge on any atom is 0.255 e. The van der Waals surface area contributed by atoms with Gasteiger partial charge in [-0.05, 0) is 38.0 Å². The topological polar surface area (TPSA) is 67.3 Å². The zero-order valence-electron chi connectivity index (χ0n) is 14.8. The van der Waals surface area contributed by atoms with Gasteiger partial charge in [-0.25, -0.2) is 4.98 Å². The smallest absolute Gasteiger partial charge is 0.255 e. The first-order valence-electron chi connectivity index (χ1n) is 8.70. The number of pyridine rings is 2. The number of likely N-dealkylation sites (tertiary alicyclic amines) is 1. The van der Waals surface area contributed by atoms with Gasteiger partial charge in [0.15, 0.2) is 11.6 Å². The number of aromatic nitrogens is 2.